The molecule has 1 aliphatic rings. The number of hydrogen-bond donors (Lipinski definition) is 2. The predicted octanol–water partition coefficient (Wildman–Crippen LogP) is 1.88. The standard InChI is InChI=1S/C14H20N2O2/c1-10-5-6-12(13(15)8-10)14(17)16-9-11-4-2-3-7-18-11/h5-6,8,11H,2-4,7,9,15H2,1H3,(H,16,17). The van der Waals surface area contributed by atoms with E-state index in [2.05, 4.69) is 5.32 Å². The van der Waals surface area contributed by atoms with Crippen molar-refractivity contribution >= 4 is 11.6 Å². The van der Waals surface area contributed by atoms with Crippen molar-refractivity contribution in [2.75, 3.05) is 18.9 Å². The van der Waals surface area contributed by atoms with Crippen molar-refractivity contribution in [1.29, 1.82) is 0 Å². The van der Waals surface area contributed by atoms with Crippen molar-refractivity contribution in [3.8, 4) is 0 Å². The zero-order chi connectivity index (χ0) is 13.0. The monoisotopic (exact) mass is 248 g/mol. The van der Waals surface area contributed by atoms with Gasteiger partial charge in [0.05, 0.1) is 11.7 Å². The second kappa shape index (κ2) is 5.87. The molecule has 1 aromatic carbocycles. The first-order chi connectivity index (χ1) is 8.66. The highest BCUT2D eigenvalue weighted by atomic mass is 16.5. The summed E-state index contributed by atoms with van der Waals surface area (Å²) in [5, 5.41) is 2.89. The Morgan fingerprint density at radius 2 is 2.33 bits per heavy atom. The number of anilines is 1. The molecular formula is C14H20N2O2. The quantitative estimate of drug-likeness (QED) is 0.803. The molecule has 0 aliphatic carbocycles. The van der Waals surface area contributed by atoms with Gasteiger partial charge < -0.3 is 15.8 Å². The van der Waals surface area contributed by atoms with E-state index in [1.165, 1.54) is 6.42 Å². The second-order valence-corrected chi connectivity index (χ2v) is 4.79. The fourth-order valence-corrected chi connectivity index (χ4v) is 2.16. The molecule has 1 amide bonds. The predicted molar refractivity (Wildman–Crippen MR) is 71.5 cm³/mol. The van der Waals surface area contributed by atoms with Gasteiger partial charge in [-0.25, -0.2) is 0 Å². The molecule has 1 heterocycles. The zero-order valence-electron chi connectivity index (χ0n) is 10.7. The van der Waals surface area contributed by atoms with E-state index in [0.717, 1.165) is 25.0 Å². The molecule has 1 saturated heterocycles. The number of nitrogens with two attached hydrogens (primary N) is 1. The number of aryl methyl sites for hydroxylation is 1. The fourth-order valence-electron chi connectivity index (χ4n) is 2.16. The van der Waals surface area contributed by atoms with Crippen LogP contribution in [0.15, 0.2) is 18.2 Å². The van der Waals surface area contributed by atoms with Gasteiger partial charge in [-0.15, -0.1) is 0 Å². The molecule has 0 aromatic heterocycles. The molecule has 0 bridgehead atoms. The molecule has 1 atom stereocenters. The lowest BCUT2D eigenvalue weighted by Gasteiger charge is -2.22. The molecule has 1 unspecified atom stereocenters. The molecule has 0 spiro atoms. The number of carbonyl (C=O) groups excluding carboxylic acids is 1. The Morgan fingerprint density at radius 1 is 1.50 bits per heavy atom. The van der Waals surface area contributed by atoms with Gasteiger partial charge in [-0.05, 0) is 43.9 Å². The molecule has 18 heavy (non-hydrogen) atoms. The Kier molecular flexibility index (Phi) is 4.20. The van der Waals surface area contributed by atoms with Crippen LogP contribution in [0.2, 0.25) is 0 Å². The number of carbonyl (C=O) groups is 1. The number of nitrogen functional groups attached to an aromatic ring is 1. The van der Waals surface area contributed by atoms with Gasteiger partial charge in [0.2, 0.25) is 0 Å². The van der Waals surface area contributed by atoms with E-state index in [0.29, 0.717) is 17.8 Å². The summed E-state index contributed by atoms with van der Waals surface area (Å²) in [7, 11) is 0. The van der Waals surface area contributed by atoms with Crippen LogP contribution >= 0.6 is 0 Å². The fraction of sp³-hybridized carbons (Fsp3) is 0.500. The molecule has 4 heteroatoms. The van der Waals surface area contributed by atoms with E-state index in [1.54, 1.807) is 6.07 Å². The van der Waals surface area contributed by atoms with Crippen molar-refractivity contribution in [1.82, 2.24) is 5.32 Å². The van der Waals surface area contributed by atoms with Crippen LogP contribution < -0.4 is 11.1 Å². The topological polar surface area (TPSA) is 64.3 Å². The molecule has 3 N–H and O–H groups in total. The number of nitrogens with one attached hydrogen (secondary N) is 1. The van der Waals surface area contributed by atoms with Gasteiger partial charge >= 0.3 is 0 Å². The SMILES string of the molecule is Cc1ccc(C(=O)NCC2CCCCO2)c(N)c1. The molecule has 2 rings (SSSR count). The molecule has 1 fully saturated rings. The van der Waals surface area contributed by atoms with Gasteiger partial charge in [-0.2, -0.15) is 0 Å². The van der Waals surface area contributed by atoms with E-state index in [1.807, 2.05) is 19.1 Å². The van der Waals surface area contributed by atoms with E-state index in [9.17, 15) is 4.79 Å². The normalized spacial score (nSPS) is 19.5. The molecule has 0 saturated carbocycles. The maximum Gasteiger partial charge on any atom is 0.253 e. The summed E-state index contributed by atoms with van der Waals surface area (Å²) in [4.78, 5) is 12.0. The molecule has 1 aromatic rings. The third kappa shape index (κ3) is 3.23. The van der Waals surface area contributed by atoms with Crippen LogP contribution in [0.5, 0.6) is 0 Å². The summed E-state index contributed by atoms with van der Waals surface area (Å²) >= 11 is 0. The summed E-state index contributed by atoms with van der Waals surface area (Å²) < 4.78 is 5.57. The summed E-state index contributed by atoms with van der Waals surface area (Å²) in [5.74, 6) is -0.123. The van der Waals surface area contributed by atoms with Crippen LogP contribution in [0.4, 0.5) is 5.69 Å². The lowest BCUT2D eigenvalue weighted by Crippen LogP contribution is -2.35. The Hall–Kier alpha value is -1.55. The minimum Gasteiger partial charge on any atom is -0.398 e. The lowest BCUT2D eigenvalue weighted by molar-refractivity contribution is 0.0169. The van der Waals surface area contributed by atoms with Crippen LogP contribution in [0.3, 0.4) is 0 Å². The summed E-state index contributed by atoms with van der Waals surface area (Å²) in [5.41, 5.74) is 7.96. The number of benzene rings is 1. The average Bonchev–Trinajstić information content (AvgIpc) is 2.37. The summed E-state index contributed by atoms with van der Waals surface area (Å²) in [6.07, 6.45) is 3.46. The Labute approximate surface area is 108 Å². The van der Waals surface area contributed by atoms with Gasteiger partial charge in [-0.1, -0.05) is 6.07 Å². The highest BCUT2D eigenvalue weighted by Gasteiger charge is 2.16. The van der Waals surface area contributed by atoms with Crippen LogP contribution in [-0.2, 0) is 4.74 Å². The van der Waals surface area contributed by atoms with Crippen LogP contribution in [0.1, 0.15) is 35.2 Å². The van der Waals surface area contributed by atoms with Gasteiger partial charge in [0.25, 0.3) is 5.91 Å². The van der Waals surface area contributed by atoms with Crippen molar-refractivity contribution in [2.24, 2.45) is 0 Å². The maximum atomic E-state index is 12.0. The molecule has 0 radical (unpaired) electrons. The third-order valence-corrected chi connectivity index (χ3v) is 3.22. The van der Waals surface area contributed by atoms with Crippen LogP contribution in [0.25, 0.3) is 0 Å². The smallest absolute Gasteiger partial charge is 0.253 e. The Balaban J connectivity index is 1.90. The molecule has 1 aliphatic heterocycles. The second-order valence-electron chi connectivity index (χ2n) is 4.79. The van der Waals surface area contributed by atoms with Gasteiger partial charge in [0.1, 0.15) is 0 Å². The molecular weight excluding hydrogens is 228 g/mol. The van der Waals surface area contributed by atoms with Crippen molar-refractivity contribution in [3.63, 3.8) is 0 Å². The van der Waals surface area contributed by atoms with Gasteiger partial charge in [0, 0.05) is 18.8 Å². The van der Waals surface area contributed by atoms with Crippen LogP contribution in [0, 0.1) is 6.92 Å². The number of rotatable bonds is 3. The number of hydrogen-bond acceptors (Lipinski definition) is 3. The first-order valence-corrected chi connectivity index (χ1v) is 6.43. The third-order valence-electron chi connectivity index (χ3n) is 3.22. The first-order valence-electron chi connectivity index (χ1n) is 6.43. The van der Waals surface area contributed by atoms with E-state index < -0.39 is 0 Å². The highest BCUT2D eigenvalue weighted by Crippen LogP contribution is 2.15. The van der Waals surface area contributed by atoms with Crippen molar-refractivity contribution < 1.29 is 9.53 Å². The van der Waals surface area contributed by atoms with Crippen LogP contribution in [-0.4, -0.2) is 25.2 Å². The highest BCUT2D eigenvalue weighted by molar-refractivity contribution is 5.99. The van der Waals surface area contributed by atoms with Gasteiger partial charge in [-0.3, -0.25) is 4.79 Å². The largest absolute Gasteiger partial charge is 0.398 e. The van der Waals surface area contributed by atoms with E-state index in [-0.39, 0.29) is 12.0 Å². The first kappa shape index (κ1) is 12.9. The number of ether oxygens (including phenoxy) is 1. The Morgan fingerprint density at radius 3 is 3.00 bits per heavy atom. The number of amides is 1. The average molecular weight is 248 g/mol. The zero-order valence-corrected chi connectivity index (χ0v) is 10.7. The van der Waals surface area contributed by atoms with Gasteiger partial charge in [0.15, 0.2) is 0 Å². The van der Waals surface area contributed by atoms with E-state index in [4.69, 9.17) is 10.5 Å². The maximum absolute atomic E-state index is 12.0. The minimum absolute atomic E-state index is 0.123. The van der Waals surface area contributed by atoms with Crippen molar-refractivity contribution in [2.45, 2.75) is 32.3 Å². The summed E-state index contributed by atoms with van der Waals surface area (Å²) in [6.45, 7) is 3.31. The summed E-state index contributed by atoms with van der Waals surface area (Å²) in [6, 6.07) is 5.47. The van der Waals surface area contributed by atoms with E-state index >= 15 is 0 Å². The lowest BCUT2D eigenvalue weighted by atomic mass is 10.1. The Bertz CT molecular complexity index is 426. The molecule has 98 valence electrons. The minimum atomic E-state index is -0.123. The molecule has 4 nitrogen and oxygen atoms in total. The van der Waals surface area contributed by atoms with Crippen molar-refractivity contribution in [3.05, 3.63) is 29.3 Å².